The van der Waals surface area contributed by atoms with Gasteiger partial charge in [-0.1, -0.05) is 29.8 Å². The standard InChI is InChI=1S/C16H23N3O/c1-11-6-8-14(9-7-11)12(2)17-10-15-13(3)18-19(4)16(15)20-5/h6-9,12,17H,10H2,1-5H3. The van der Waals surface area contributed by atoms with Crippen molar-refractivity contribution >= 4 is 0 Å². The normalized spacial score (nSPS) is 12.4. The van der Waals surface area contributed by atoms with Crippen molar-refractivity contribution < 1.29 is 4.74 Å². The first kappa shape index (κ1) is 14.6. The SMILES string of the molecule is COc1c(CNC(C)c2ccc(C)cc2)c(C)nn1C. The fourth-order valence-corrected chi connectivity index (χ4v) is 2.37. The van der Waals surface area contributed by atoms with E-state index in [1.807, 2.05) is 14.0 Å². The Kier molecular flexibility index (Phi) is 4.45. The molecule has 0 radical (unpaired) electrons. The van der Waals surface area contributed by atoms with Gasteiger partial charge in [0.15, 0.2) is 0 Å². The summed E-state index contributed by atoms with van der Waals surface area (Å²) in [5, 5.41) is 7.93. The monoisotopic (exact) mass is 273 g/mol. The number of methoxy groups -OCH3 is 1. The van der Waals surface area contributed by atoms with Crippen LogP contribution in [-0.4, -0.2) is 16.9 Å². The maximum atomic E-state index is 5.41. The number of hydrogen-bond acceptors (Lipinski definition) is 3. The van der Waals surface area contributed by atoms with Crippen LogP contribution in [0.3, 0.4) is 0 Å². The van der Waals surface area contributed by atoms with Crippen LogP contribution in [0.1, 0.15) is 35.3 Å². The zero-order valence-electron chi connectivity index (χ0n) is 12.9. The highest BCUT2D eigenvalue weighted by Crippen LogP contribution is 2.22. The molecule has 1 N–H and O–H groups in total. The third-order valence-corrected chi connectivity index (χ3v) is 3.64. The Morgan fingerprint density at radius 2 is 1.90 bits per heavy atom. The first-order valence-corrected chi connectivity index (χ1v) is 6.89. The fraction of sp³-hybridized carbons (Fsp3) is 0.438. The number of nitrogens with one attached hydrogen (secondary N) is 1. The third kappa shape index (κ3) is 3.02. The lowest BCUT2D eigenvalue weighted by Crippen LogP contribution is -2.18. The van der Waals surface area contributed by atoms with Crippen LogP contribution in [0.2, 0.25) is 0 Å². The number of rotatable bonds is 5. The van der Waals surface area contributed by atoms with Crippen LogP contribution >= 0.6 is 0 Å². The number of aromatic nitrogens is 2. The molecule has 0 saturated carbocycles. The molecule has 4 heteroatoms. The molecule has 0 spiro atoms. The smallest absolute Gasteiger partial charge is 0.216 e. The van der Waals surface area contributed by atoms with Gasteiger partial charge < -0.3 is 10.1 Å². The maximum Gasteiger partial charge on any atom is 0.216 e. The summed E-state index contributed by atoms with van der Waals surface area (Å²) in [5.41, 5.74) is 4.70. The van der Waals surface area contributed by atoms with Crippen LogP contribution in [0.25, 0.3) is 0 Å². The summed E-state index contributed by atoms with van der Waals surface area (Å²) in [6, 6.07) is 8.91. The van der Waals surface area contributed by atoms with Crippen molar-refractivity contribution in [3.63, 3.8) is 0 Å². The van der Waals surface area contributed by atoms with Crippen molar-refractivity contribution in [1.29, 1.82) is 0 Å². The van der Waals surface area contributed by atoms with Gasteiger partial charge in [-0.15, -0.1) is 0 Å². The second kappa shape index (κ2) is 6.09. The molecule has 0 bridgehead atoms. The molecule has 1 aromatic heterocycles. The first-order chi connectivity index (χ1) is 9.52. The van der Waals surface area contributed by atoms with Crippen molar-refractivity contribution in [3.8, 4) is 5.88 Å². The lowest BCUT2D eigenvalue weighted by atomic mass is 10.1. The van der Waals surface area contributed by atoms with E-state index in [1.54, 1.807) is 11.8 Å². The van der Waals surface area contributed by atoms with Crippen molar-refractivity contribution in [2.24, 2.45) is 7.05 Å². The molecule has 1 heterocycles. The van der Waals surface area contributed by atoms with Gasteiger partial charge in [-0.3, -0.25) is 0 Å². The number of ether oxygens (including phenoxy) is 1. The maximum absolute atomic E-state index is 5.41. The van der Waals surface area contributed by atoms with Crippen molar-refractivity contribution in [3.05, 3.63) is 46.6 Å². The average Bonchev–Trinajstić information content (AvgIpc) is 2.70. The Morgan fingerprint density at radius 1 is 1.25 bits per heavy atom. The zero-order valence-corrected chi connectivity index (χ0v) is 12.9. The molecule has 0 aliphatic carbocycles. The molecule has 2 aromatic rings. The van der Waals surface area contributed by atoms with Gasteiger partial charge in [0.25, 0.3) is 0 Å². The van der Waals surface area contributed by atoms with Gasteiger partial charge in [-0.05, 0) is 26.3 Å². The predicted molar refractivity (Wildman–Crippen MR) is 80.9 cm³/mol. The fourth-order valence-electron chi connectivity index (χ4n) is 2.37. The Morgan fingerprint density at radius 3 is 2.50 bits per heavy atom. The van der Waals surface area contributed by atoms with E-state index in [1.165, 1.54) is 11.1 Å². The van der Waals surface area contributed by atoms with E-state index in [2.05, 4.69) is 48.5 Å². The molecular formula is C16H23N3O. The minimum atomic E-state index is 0.292. The molecule has 0 aliphatic heterocycles. The second-order valence-electron chi connectivity index (χ2n) is 5.21. The van der Waals surface area contributed by atoms with E-state index in [9.17, 15) is 0 Å². The van der Waals surface area contributed by atoms with Crippen molar-refractivity contribution in [2.75, 3.05) is 7.11 Å². The molecule has 0 aliphatic rings. The molecule has 1 unspecified atom stereocenters. The van der Waals surface area contributed by atoms with Gasteiger partial charge in [0.1, 0.15) is 0 Å². The molecule has 108 valence electrons. The lowest BCUT2D eigenvalue weighted by molar-refractivity contribution is 0.367. The highest BCUT2D eigenvalue weighted by molar-refractivity contribution is 5.31. The predicted octanol–water partition coefficient (Wildman–Crippen LogP) is 2.90. The Balaban J connectivity index is 2.07. The largest absolute Gasteiger partial charge is 0.481 e. The summed E-state index contributed by atoms with van der Waals surface area (Å²) in [5.74, 6) is 0.825. The van der Waals surface area contributed by atoms with Crippen LogP contribution in [0.5, 0.6) is 5.88 Å². The second-order valence-corrected chi connectivity index (χ2v) is 5.21. The average molecular weight is 273 g/mol. The summed E-state index contributed by atoms with van der Waals surface area (Å²) in [6.45, 7) is 7.03. The number of benzene rings is 1. The molecule has 0 saturated heterocycles. The topological polar surface area (TPSA) is 39.1 Å². The van der Waals surface area contributed by atoms with Crippen LogP contribution in [0.4, 0.5) is 0 Å². The van der Waals surface area contributed by atoms with Crippen LogP contribution < -0.4 is 10.1 Å². The summed E-state index contributed by atoms with van der Waals surface area (Å²) < 4.78 is 7.19. The molecule has 2 rings (SSSR count). The third-order valence-electron chi connectivity index (χ3n) is 3.64. The summed E-state index contributed by atoms with van der Waals surface area (Å²) >= 11 is 0. The summed E-state index contributed by atoms with van der Waals surface area (Å²) in [4.78, 5) is 0. The van der Waals surface area contributed by atoms with E-state index in [0.717, 1.165) is 23.7 Å². The Hall–Kier alpha value is -1.81. The molecule has 1 atom stereocenters. The Bertz CT molecular complexity index is 572. The van der Waals surface area contributed by atoms with Crippen LogP contribution in [0, 0.1) is 13.8 Å². The highest BCUT2D eigenvalue weighted by Gasteiger charge is 2.14. The number of nitrogens with zero attached hydrogens (tertiary/aromatic N) is 2. The zero-order chi connectivity index (χ0) is 14.7. The van der Waals surface area contributed by atoms with Gasteiger partial charge >= 0.3 is 0 Å². The van der Waals surface area contributed by atoms with Gasteiger partial charge in [0.2, 0.25) is 5.88 Å². The van der Waals surface area contributed by atoms with E-state index < -0.39 is 0 Å². The molecule has 20 heavy (non-hydrogen) atoms. The molecule has 1 aromatic carbocycles. The van der Waals surface area contributed by atoms with Crippen LogP contribution in [-0.2, 0) is 13.6 Å². The van der Waals surface area contributed by atoms with E-state index in [0.29, 0.717) is 6.04 Å². The number of aryl methyl sites for hydroxylation is 3. The minimum Gasteiger partial charge on any atom is -0.481 e. The number of hydrogen-bond donors (Lipinski definition) is 1. The molecule has 0 fully saturated rings. The molecule has 0 amide bonds. The van der Waals surface area contributed by atoms with Crippen molar-refractivity contribution in [1.82, 2.24) is 15.1 Å². The highest BCUT2D eigenvalue weighted by atomic mass is 16.5. The summed E-state index contributed by atoms with van der Waals surface area (Å²) in [6.07, 6.45) is 0. The lowest BCUT2D eigenvalue weighted by Gasteiger charge is -2.15. The Labute approximate surface area is 120 Å². The van der Waals surface area contributed by atoms with E-state index in [4.69, 9.17) is 4.74 Å². The molecular weight excluding hydrogens is 250 g/mol. The minimum absolute atomic E-state index is 0.292. The summed E-state index contributed by atoms with van der Waals surface area (Å²) in [7, 11) is 3.59. The van der Waals surface area contributed by atoms with Crippen molar-refractivity contribution in [2.45, 2.75) is 33.4 Å². The van der Waals surface area contributed by atoms with Crippen LogP contribution in [0.15, 0.2) is 24.3 Å². The van der Waals surface area contributed by atoms with E-state index >= 15 is 0 Å². The van der Waals surface area contributed by atoms with Gasteiger partial charge in [0.05, 0.1) is 18.4 Å². The van der Waals surface area contributed by atoms with Gasteiger partial charge in [-0.2, -0.15) is 5.10 Å². The van der Waals surface area contributed by atoms with Gasteiger partial charge in [-0.25, -0.2) is 4.68 Å². The van der Waals surface area contributed by atoms with Gasteiger partial charge in [0, 0.05) is 19.6 Å². The molecule has 4 nitrogen and oxygen atoms in total. The quantitative estimate of drug-likeness (QED) is 0.910. The van der Waals surface area contributed by atoms with E-state index in [-0.39, 0.29) is 0 Å². The first-order valence-electron chi connectivity index (χ1n) is 6.89.